The highest BCUT2D eigenvalue weighted by atomic mass is 16.2. The number of carbonyl (C=O) groups is 2. The van der Waals surface area contributed by atoms with Crippen LogP contribution in [0.3, 0.4) is 0 Å². The van der Waals surface area contributed by atoms with Gasteiger partial charge in [-0.3, -0.25) is 9.59 Å². The van der Waals surface area contributed by atoms with Crippen LogP contribution < -0.4 is 5.32 Å². The zero-order valence-corrected chi connectivity index (χ0v) is 15.7. The molecule has 2 aromatic rings. The van der Waals surface area contributed by atoms with Crippen LogP contribution in [-0.2, 0) is 22.6 Å². The minimum atomic E-state index is -0.544. The van der Waals surface area contributed by atoms with Gasteiger partial charge in [0.1, 0.15) is 6.04 Å². The third-order valence-corrected chi connectivity index (χ3v) is 4.99. The van der Waals surface area contributed by atoms with E-state index < -0.39 is 6.04 Å². The van der Waals surface area contributed by atoms with Crippen LogP contribution in [0.1, 0.15) is 47.2 Å². The average molecular weight is 350 g/mol. The van der Waals surface area contributed by atoms with Gasteiger partial charge in [-0.15, -0.1) is 0 Å². The van der Waals surface area contributed by atoms with E-state index in [0.717, 1.165) is 28.7 Å². The second-order valence-corrected chi connectivity index (χ2v) is 7.01. The first kappa shape index (κ1) is 18.2. The van der Waals surface area contributed by atoms with Gasteiger partial charge in [-0.05, 0) is 42.5 Å². The Bertz CT molecular complexity index is 829. The molecule has 2 amide bonds. The van der Waals surface area contributed by atoms with Crippen molar-refractivity contribution in [2.45, 2.75) is 46.2 Å². The Morgan fingerprint density at radius 3 is 2.73 bits per heavy atom. The minimum absolute atomic E-state index is 0.0254. The SMILES string of the molecule is CCCN1C(=O)Cc2ccccc2C1C(=O)NCc1cc(C)ccc1C. The molecule has 0 saturated heterocycles. The van der Waals surface area contributed by atoms with E-state index in [2.05, 4.69) is 23.5 Å². The first-order valence-electron chi connectivity index (χ1n) is 9.22. The van der Waals surface area contributed by atoms with Crippen molar-refractivity contribution < 1.29 is 9.59 Å². The Kier molecular flexibility index (Phi) is 5.40. The quantitative estimate of drug-likeness (QED) is 0.898. The molecule has 0 fully saturated rings. The molecule has 1 aliphatic rings. The number of fused-ring (bicyclic) bond motifs is 1. The number of carbonyl (C=O) groups excluding carboxylic acids is 2. The van der Waals surface area contributed by atoms with E-state index in [9.17, 15) is 9.59 Å². The Morgan fingerprint density at radius 1 is 1.19 bits per heavy atom. The number of nitrogens with one attached hydrogen (secondary N) is 1. The summed E-state index contributed by atoms with van der Waals surface area (Å²) >= 11 is 0. The van der Waals surface area contributed by atoms with E-state index in [-0.39, 0.29) is 11.8 Å². The van der Waals surface area contributed by atoms with Gasteiger partial charge in [0.15, 0.2) is 0 Å². The van der Waals surface area contributed by atoms with E-state index in [1.807, 2.05) is 45.0 Å². The van der Waals surface area contributed by atoms with Crippen molar-refractivity contribution in [1.29, 1.82) is 0 Å². The van der Waals surface area contributed by atoms with Crippen molar-refractivity contribution >= 4 is 11.8 Å². The second-order valence-electron chi connectivity index (χ2n) is 7.01. The molecule has 4 heteroatoms. The van der Waals surface area contributed by atoms with Crippen molar-refractivity contribution in [2.75, 3.05) is 6.54 Å². The van der Waals surface area contributed by atoms with Gasteiger partial charge in [0.05, 0.1) is 6.42 Å². The van der Waals surface area contributed by atoms with Gasteiger partial charge < -0.3 is 10.2 Å². The molecule has 1 atom stereocenters. The number of nitrogens with zero attached hydrogens (tertiary/aromatic N) is 1. The predicted molar refractivity (Wildman–Crippen MR) is 103 cm³/mol. The minimum Gasteiger partial charge on any atom is -0.350 e. The van der Waals surface area contributed by atoms with Crippen LogP contribution in [-0.4, -0.2) is 23.3 Å². The largest absolute Gasteiger partial charge is 0.350 e. The van der Waals surface area contributed by atoms with Crippen LogP contribution >= 0.6 is 0 Å². The summed E-state index contributed by atoms with van der Waals surface area (Å²) in [5.74, 6) is -0.0858. The van der Waals surface area contributed by atoms with Crippen molar-refractivity contribution in [3.63, 3.8) is 0 Å². The van der Waals surface area contributed by atoms with Crippen LogP contribution in [0, 0.1) is 13.8 Å². The average Bonchev–Trinajstić information content (AvgIpc) is 2.63. The lowest BCUT2D eigenvalue weighted by atomic mass is 9.91. The molecular weight excluding hydrogens is 324 g/mol. The fourth-order valence-corrected chi connectivity index (χ4v) is 3.59. The number of aryl methyl sites for hydroxylation is 2. The number of benzene rings is 2. The van der Waals surface area contributed by atoms with E-state index in [1.165, 1.54) is 5.56 Å². The Morgan fingerprint density at radius 2 is 1.96 bits per heavy atom. The molecule has 1 N–H and O–H groups in total. The molecule has 1 aliphatic heterocycles. The molecule has 3 rings (SSSR count). The number of amides is 2. The third kappa shape index (κ3) is 3.64. The molecule has 0 spiro atoms. The standard InChI is InChI=1S/C22H26N2O2/c1-4-11-24-20(25)13-17-7-5-6-8-19(17)21(24)22(26)23-14-18-12-15(2)9-10-16(18)3/h5-10,12,21H,4,11,13-14H2,1-3H3,(H,23,26). The maximum atomic E-state index is 13.1. The van der Waals surface area contributed by atoms with Gasteiger partial charge in [-0.25, -0.2) is 0 Å². The summed E-state index contributed by atoms with van der Waals surface area (Å²) in [6, 6.07) is 13.5. The van der Waals surface area contributed by atoms with E-state index >= 15 is 0 Å². The summed E-state index contributed by atoms with van der Waals surface area (Å²) in [4.78, 5) is 27.4. The topological polar surface area (TPSA) is 49.4 Å². The molecule has 26 heavy (non-hydrogen) atoms. The summed E-state index contributed by atoms with van der Waals surface area (Å²) in [6.07, 6.45) is 1.20. The molecule has 0 bridgehead atoms. The first-order valence-corrected chi connectivity index (χ1v) is 9.22. The summed E-state index contributed by atoms with van der Waals surface area (Å²) in [7, 11) is 0. The molecule has 2 aromatic carbocycles. The lowest BCUT2D eigenvalue weighted by molar-refractivity contribution is -0.141. The van der Waals surface area contributed by atoms with Gasteiger partial charge in [0.2, 0.25) is 11.8 Å². The van der Waals surface area contributed by atoms with Crippen molar-refractivity contribution in [2.24, 2.45) is 0 Å². The monoisotopic (exact) mass is 350 g/mol. The molecule has 136 valence electrons. The van der Waals surface area contributed by atoms with Gasteiger partial charge in [0.25, 0.3) is 0 Å². The first-order chi connectivity index (χ1) is 12.5. The van der Waals surface area contributed by atoms with E-state index in [1.54, 1.807) is 4.90 Å². The van der Waals surface area contributed by atoms with Gasteiger partial charge >= 0.3 is 0 Å². The molecule has 1 heterocycles. The summed E-state index contributed by atoms with van der Waals surface area (Å²) in [5, 5.41) is 3.05. The van der Waals surface area contributed by atoms with Crippen molar-refractivity contribution in [3.05, 3.63) is 70.3 Å². The molecular formula is C22H26N2O2. The van der Waals surface area contributed by atoms with Crippen LogP contribution in [0.2, 0.25) is 0 Å². The van der Waals surface area contributed by atoms with Crippen molar-refractivity contribution in [3.8, 4) is 0 Å². The normalized spacial score (nSPS) is 16.3. The molecule has 0 aromatic heterocycles. The van der Waals surface area contributed by atoms with E-state index in [4.69, 9.17) is 0 Å². The Balaban J connectivity index is 1.85. The maximum Gasteiger partial charge on any atom is 0.247 e. The van der Waals surface area contributed by atoms with Crippen molar-refractivity contribution in [1.82, 2.24) is 10.2 Å². The van der Waals surface area contributed by atoms with E-state index in [0.29, 0.717) is 19.5 Å². The molecule has 0 saturated carbocycles. The van der Waals surface area contributed by atoms with Gasteiger partial charge in [-0.2, -0.15) is 0 Å². The fourth-order valence-electron chi connectivity index (χ4n) is 3.59. The molecule has 4 nitrogen and oxygen atoms in total. The molecule has 0 aliphatic carbocycles. The van der Waals surface area contributed by atoms with Crippen LogP contribution in [0.15, 0.2) is 42.5 Å². The fraction of sp³-hybridized carbons (Fsp3) is 0.364. The highest BCUT2D eigenvalue weighted by molar-refractivity contribution is 5.92. The van der Waals surface area contributed by atoms with Crippen LogP contribution in [0.4, 0.5) is 0 Å². The smallest absolute Gasteiger partial charge is 0.247 e. The number of rotatable bonds is 5. The summed E-state index contributed by atoms with van der Waals surface area (Å²) < 4.78 is 0. The second kappa shape index (κ2) is 7.73. The lowest BCUT2D eigenvalue weighted by Gasteiger charge is -2.36. The highest BCUT2D eigenvalue weighted by Gasteiger charge is 2.36. The number of hydrogen-bond acceptors (Lipinski definition) is 2. The third-order valence-electron chi connectivity index (χ3n) is 4.99. The van der Waals surface area contributed by atoms with Crippen LogP contribution in [0.5, 0.6) is 0 Å². The van der Waals surface area contributed by atoms with Crippen LogP contribution in [0.25, 0.3) is 0 Å². The number of hydrogen-bond donors (Lipinski definition) is 1. The zero-order chi connectivity index (χ0) is 18.7. The maximum absolute atomic E-state index is 13.1. The predicted octanol–water partition coefficient (Wildman–Crippen LogP) is 3.46. The van der Waals surface area contributed by atoms with Gasteiger partial charge in [-0.1, -0.05) is 55.0 Å². The zero-order valence-electron chi connectivity index (χ0n) is 15.7. The van der Waals surface area contributed by atoms with Gasteiger partial charge in [0, 0.05) is 13.1 Å². The summed E-state index contributed by atoms with van der Waals surface area (Å²) in [5.41, 5.74) is 5.33. The Labute approximate surface area is 155 Å². The highest BCUT2D eigenvalue weighted by Crippen LogP contribution is 2.30. The lowest BCUT2D eigenvalue weighted by Crippen LogP contribution is -2.47. The molecule has 0 radical (unpaired) electrons. The Hall–Kier alpha value is -2.62. The summed E-state index contributed by atoms with van der Waals surface area (Å²) in [6.45, 7) is 7.18. The molecule has 1 unspecified atom stereocenters.